The first kappa shape index (κ1) is 13.7. The molecule has 4 nitrogen and oxygen atoms in total. The van der Waals surface area contributed by atoms with Crippen molar-refractivity contribution in [2.24, 2.45) is 0 Å². The van der Waals surface area contributed by atoms with Crippen molar-refractivity contribution in [3.63, 3.8) is 0 Å². The number of amides is 1. The van der Waals surface area contributed by atoms with Crippen LogP contribution in [0.4, 0.5) is 0 Å². The second-order valence-corrected chi connectivity index (χ2v) is 4.56. The van der Waals surface area contributed by atoms with Gasteiger partial charge < -0.3 is 10.1 Å². The number of rotatable bonds is 3. The Kier molecular flexibility index (Phi) is 4.69. The number of benzene rings is 1. The smallest absolute Gasteiger partial charge is 0.328 e. The summed E-state index contributed by atoms with van der Waals surface area (Å²) in [4.78, 5) is 23.0. The van der Waals surface area contributed by atoms with Gasteiger partial charge in [0.1, 0.15) is 6.04 Å². The van der Waals surface area contributed by atoms with Crippen molar-refractivity contribution in [3.8, 4) is 0 Å². The first-order chi connectivity index (χ1) is 7.95. The molecular formula is C12H14BrNO3. The van der Waals surface area contributed by atoms with Gasteiger partial charge in [-0.2, -0.15) is 0 Å². The average molecular weight is 300 g/mol. The van der Waals surface area contributed by atoms with Crippen LogP contribution in [-0.4, -0.2) is 25.0 Å². The van der Waals surface area contributed by atoms with Crippen molar-refractivity contribution >= 4 is 27.8 Å². The Balaban J connectivity index is 2.80. The van der Waals surface area contributed by atoms with Gasteiger partial charge in [0.2, 0.25) is 0 Å². The Hall–Kier alpha value is -1.36. The highest BCUT2D eigenvalue weighted by Gasteiger charge is 2.18. The average Bonchev–Trinajstić information content (AvgIpc) is 2.27. The lowest BCUT2D eigenvalue weighted by Gasteiger charge is -2.12. The topological polar surface area (TPSA) is 55.4 Å². The number of nitrogens with one attached hydrogen (secondary N) is 1. The fraction of sp³-hybridized carbons (Fsp3) is 0.333. The monoisotopic (exact) mass is 299 g/mol. The molecule has 0 aliphatic rings. The van der Waals surface area contributed by atoms with Gasteiger partial charge in [0.25, 0.3) is 5.91 Å². The van der Waals surface area contributed by atoms with E-state index in [1.807, 2.05) is 19.1 Å². The molecule has 1 atom stereocenters. The molecule has 1 aromatic rings. The van der Waals surface area contributed by atoms with Gasteiger partial charge in [0, 0.05) is 4.47 Å². The van der Waals surface area contributed by atoms with Crippen LogP contribution < -0.4 is 5.32 Å². The molecule has 0 aromatic heterocycles. The highest BCUT2D eigenvalue weighted by Crippen LogP contribution is 2.18. The van der Waals surface area contributed by atoms with Crippen LogP contribution in [0.1, 0.15) is 22.8 Å². The molecule has 1 amide bonds. The summed E-state index contributed by atoms with van der Waals surface area (Å²) in [6, 6.07) is 4.72. The van der Waals surface area contributed by atoms with E-state index in [4.69, 9.17) is 0 Å². The number of ether oxygens (including phenoxy) is 1. The molecule has 0 spiro atoms. The van der Waals surface area contributed by atoms with Gasteiger partial charge in [-0.15, -0.1) is 0 Å². The molecule has 0 aliphatic carbocycles. The third-order valence-electron chi connectivity index (χ3n) is 2.27. The summed E-state index contributed by atoms with van der Waals surface area (Å²) in [5.41, 5.74) is 1.54. The summed E-state index contributed by atoms with van der Waals surface area (Å²) in [7, 11) is 1.28. The van der Waals surface area contributed by atoms with Gasteiger partial charge in [-0.1, -0.05) is 6.07 Å². The van der Waals surface area contributed by atoms with Gasteiger partial charge in [-0.3, -0.25) is 4.79 Å². The van der Waals surface area contributed by atoms with Crippen LogP contribution in [0.25, 0.3) is 0 Å². The number of aryl methyl sites for hydroxylation is 1. The number of halogens is 1. The Labute approximate surface area is 108 Å². The number of hydrogen-bond acceptors (Lipinski definition) is 3. The largest absolute Gasteiger partial charge is 0.467 e. The van der Waals surface area contributed by atoms with Crippen molar-refractivity contribution in [1.82, 2.24) is 5.32 Å². The lowest BCUT2D eigenvalue weighted by molar-refractivity contribution is -0.142. The highest BCUT2D eigenvalue weighted by atomic mass is 79.9. The van der Waals surface area contributed by atoms with Gasteiger partial charge >= 0.3 is 5.97 Å². The Morgan fingerprint density at radius 1 is 1.41 bits per heavy atom. The van der Waals surface area contributed by atoms with Crippen LogP contribution in [0, 0.1) is 6.92 Å². The molecular weight excluding hydrogens is 286 g/mol. The van der Waals surface area contributed by atoms with Crippen molar-refractivity contribution in [1.29, 1.82) is 0 Å². The van der Waals surface area contributed by atoms with E-state index in [0.29, 0.717) is 10.0 Å². The van der Waals surface area contributed by atoms with E-state index in [1.165, 1.54) is 7.11 Å². The second-order valence-electron chi connectivity index (χ2n) is 3.70. The molecule has 1 rings (SSSR count). The van der Waals surface area contributed by atoms with Gasteiger partial charge in [0.05, 0.1) is 12.7 Å². The number of esters is 1. The number of methoxy groups -OCH3 is 1. The predicted molar refractivity (Wildman–Crippen MR) is 67.8 cm³/mol. The fourth-order valence-corrected chi connectivity index (χ4v) is 1.99. The van der Waals surface area contributed by atoms with Crippen LogP contribution in [0.15, 0.2) is 22.7 Å². The summed E-state index contributed by atoms with van der Waals surface area (Å²) in [6.07, 6.45) is 0. The van der Waals surface area contributed by atoms with Gasteiger partial charge in [-0.05, 0) is 47.5 Å². The van der Waals surface area contributed by atoms with E-state index in [2.05, 4.69) is 26.0 Å². The van der Waals surface area contributed by atoms with Crippen LogP contribution in [0.5, 0.6) is 0 Å². The zero-order valence-corrected chi connectivity index (χ0v) is 11.5. The molecule has 17 heavy (non-hydrogen) atoms. The maximum absolute atomic E-state index is 11.9. The molecule has 0 fully saturated rings. The minimum atomic E-state index is -0.666. The van der Waals surface area contributed by atoms with Crippen molar-refractivity contribution in [3.05, 3.63) is 33.8 Å². The summed E-state index contributed by atoms with van der Waals surface area (Å²) in [5.74, 6) is -0.781. The molecule has 0 saturated carbocycles. The molecule has 92 valence electrons. The molecule has 0 bridgehead atoms. The first-order valence-corrected chi connectivity index (χ1v) is 5.90. The lowest BCUT2D eigenvalue weighted by Crippen LogP contribution is -2.39. The predicted octanol–water partition coefficient (Wildman–Crippen LogP) is 2.05. The highest BCUT2D eigenvalue weighted by molar-refractivity contribution is 9.10. The zero-order chi connectivity index (χ0) is 13.0. The first-order valence-electron chi connectivity index (χ1n) is 5.10. The van der Waals surface area contributed by atoms with Gasteiger partial charge in [-0.25, -0.2) is 4.79 Å². The number of carbonyl (C=O) groups excluding carboxylic acids is 2. The van der Waals surface area contributed by atoms with E-state index >= 15 is 0 Å². The SMILES string of the molecule is COC(=O)[C@@H](C)NC(=O)c1ccc(C)cc1Br. The van der Waals surface area contributed by atoms with E-state index in [9.17, 15) is 9.59 Å². The maximum Gasteiger partial charge on any atom is 0.328 e. The van der Waals surface area contributed by atoms with Crippen molar-refractivity contribution < 1.29 is 14.3 Å². The Morgan fingerprint density at radius 2 is 2.06 bits per heavy atom. The lowest BCUT2D eigenvalue weighted by atomic mass is 10.1. The molecule has 0 unspecified atom stereocenters. The molecule has 5 heteroatoms. The van der Waals surface area contributed by atoms with E-state index in [1.54, 1.807) is 13.0 Å². The van der Waals surface area contributed by atoms with Crippen molar-refractivity contribution in [2.45, 2.75) is 19.9 Å². The van der Waals surface area contributed by atoms with E-state index < -0.39 is 12.0 Å². The van der Waals surface area contributed by atoms with Crippen LogP contribution in [0.2, 0.25) is 0 Å². The van der Waals surface area contributed by atoms with Crippen LogP contribution in [0.3, 0.4) is 0 Å². The Bertz CT molecular complexity index is 445. The van der Waals surface area contributed by atoms with Crippen LogP contribution in [-0.2, 0) is 9.53 Å². The summed E-state index contributed by atoms with van der Waals surface area (Å²) in [6.45, 7) is 3.51. The second kappa shape index (κ2) is 5.82. The van der Waals surface area contributed by atoms with Crippen molar-refractivity contribution in [2.75, 3.05) is 7.11 Å². The van der Waals surface area contributed by atoms with Crippen LogP contribution >= 0.6 is 15.9 Å². The molecule has 1 aromatic carbocycles. The maximum atomic E-state index is 11.9. The fourth-order valence-electron chi connectivity index (χ4n) is 1.31. The standard InChI is InChI=1S/C12H14BrNO3/c1-7-4-5-9(10(13)6-7)11(15)14-8(2)12(16)17-3/h4-6,8H,1-3H3,(H,14,15)/t8-/m1/s1. The normalized spacial score (nSPS) is 11.8. The zero-order valence-electron chi connectivity index (χ0n) is 9.91. The Morgan fingerprint density at radius 3 is 2.59 bits per heavy atom. The molecule has 1 N–H and O–H groups in total. The quantitative estimate of drug-likeness (QED) is 0.869. The minimum Gasteiger partial charge on any atom is -0.467 e. The summed E-state index contributed by atoms with van der Waals surface area (Å²) >= 11 is 3.31. The third kappa shape index (κ3) is 3.56. The van der Waals surface area contributed by atoms with Gasteiger partial charge in [0.15, 0.2) is 0 Å². The number of hydrogen-bond donors (Lipinski definition) is 1. The minimum absolute atomic E-state index is 0.310. The number of carbonyl (C=O) groups is 2. The molecule has 0 radical (unpaired) electrons. The molecule has 0 aliphatic heterocycles. The third-order valence-corrected chi connectivity index (χ3v) is 2.93. The molecule has 0 heterocycles. The molecule has 0 saturated heterocycles. The van der Waals surface area contributed by atoms with E-state index in [0.717, 1.165) is 5.56 Å². The summed E-state index contributed by atoms with van der Waals surface area (Å²) < 4.78 is 5.23. The van der Waals surface area contributed by atoms with E-state index in [-0.39, 0.29) is 5.91 Å². The summed E-state index contributed by atoms with van der Waals surface area (Å²) in [5, 5.41) is 2.56.